The highest BCUT2D eigenvalue weighted by atomic mass is 16.5. The van der Waals surface area contributed by atoms with Gasteiger partial charge >= 0.3 is 5.97 Å². The minimum Gasteiger partial charge on any atom is -0.469 e. The lowest BCUT2D eigenvalue weighted by Gasteiger charge is -2.08. The van der Waals surface area contributed by atoms with Gasteiger partial charge in [0, 0.05) is 17.0 Å². The number of ketones is 3. The van der Waals surface area contributed by atoms with Crippen molar-refractivity contribution in [2.24, 2.45) is 11.8 Å². The highest BCUT2D eigenvalue weighted by Gasteiger charge is 2.25. The molecule has 250 valence electrons. The van der Waals surface area contributed by atoms with Gasteiger partial charge in [-0.25, -0.2) is 0 Å². The Kier molecular flexibility index (Phi) is 14.1. The summed E-state index contributed by atoms with van der Waals surface area (Å²) >= 11 is 0. The Balaban J connectivity index is 0.000000180. The molecule has 0 amide bonds. The van der Waals surface area contributed by atoms with E-state index in [0.717, 1.165) is 55.8 Å². The number of benzene rings is 4. The maximum atomic E-state index is 12.2. The third kappa shape index (κ3) is 11.6. The van der Waals surface area contributed by atoms with E-state index in [9.17, 15) is 19.2 Å². The first-order valence-corrected chi connectivity index (χ1v) is 16.6. The van der Waals surface area contributed by atoms with Gasteiger partial charge in [-0.2, -0.15) is 0 Å². The number of methoxy groups -OCH3 is 1. The molecule has 0 aliphatic heterocycles. The Morgan fingerprint density at radius 1 is 0.542 bits per heavy atom. The van der Waals surface area contributed by atoms with Gasteiger partial charge in [0.05, 0.1) is 19.4 Å². The van der Waals surface area contributed by atoms with Crippen LogP contribution in [-0.2, 0) is 14.3 Å². The Morgan fingerprint density at radius 3 is 1.35 bits per heavy atom. The van der Waals surface area contributed by atoms with E-state index < -0.39 is 0 Å². The molecule has 0 N–H and O–H groups in total. The number of carbonyl (C=O) groups excluding carboxylic acids is 4. The second-order valence-corrected chi connectivity index (χ2v) is 12.0. The molecule has 4 aromatic rings. The zero-order chi connectivity index (χ0) is 34.1. The average Bonchev–Trinajstić information content (AvgIpc) is 3.86. The molecule has 48 heavy (non-hydrogen) atoms. The molecule has 6 rings (SSSR count). The largest absolute Gasteiger partial charge is 0.469 e. The SMILES string of the molecule is CC(=O)c1ccc(Oc2ccccc2)cc1.COC(=O)C1CCCC1.O=C(CC(=O)C1CCCC1)c1ccc(Oc2ccccc2)cc1. The van der Waals surface area contributed by atoms with Gasteiger partial charge in [0.1, 0.15) is 28.8 Å². The van der Waals surface area contributed by atoms with Crippen LogP contribution in [-0.4, -0.2) is 30.4 Å². The molecule has 2 saturated carbocycles. The molecule has 0 spiro atoms. The molecule has 0 saturated heterocycles. The van der Waals surface area contributed by atoms with Gasteiger partial charge in [-0.3, -0.25) is 19.2 Å². The second kappa shape index (κ2) is 18.9. The summed E-state index contributed by atoms with van der Waals surface area (Å²) < 4.78 is 15.9. The van der Waals surface area contributed by atoms with E-state index in [0.29, 0.717) is 16.9 Å². The number of carbonyl (C=O) groups is 4. The number of hydrogen-bond donors (Lipinski definition) is 0. The number of rotatable bonds is 10. The van der Waals surface area contributed by atoms with E-state index in [1.54, 1.807) is 55.5 Å². The van der Waals surface area contributed by atoms with Crippen LogP contribution >= 0.6 is 0 Å². The van der Waals surface area contributed by atoms with E-state index in [4.69, 9.17) is 9.47 Å². The van der Waals surface area contributed by atoms with Crippen molar-refractivity contribution in [3.05, 3.63) is 120 Å². The molecular formula is C41H44O7. The van der Waals surface area contributed by atoms with Crippen molar-refractivity contribution in [1.82, 2.24) is 0 Å². The topological polar surface area (TPSA) is 96.0 Å². The maximum absolute atomic E-state index is 12.2. The zero-order valence-corrected chi connectivity index (χ0v) is 27.8. The van der Waals surface area contributed by atoms with Crippen LogP contribution < -0.4 is 9.47 Å². The standard InChI is InChI=1S/C20H20O3.C14H12O2.C7H12O2/c21-19(15-6-4-5-7-15)14-20(22)16-10-12-18(13-11-16)23-17-8-2-1-3-9-17;1-11(15)12-7-9-14(10-8-12)16-13-5-3-2-4-6-13;1-9-7(8)6-4-2-3-5-6/h1-3,8-13,15H,4-7,14H2;2-10H,1H3;6H,2-5H2,1H3. The van der Waals surface area contributed by atoms with Crippen LogP contribution in [0.3, 0.4) is 0 Å². The lowest BCUT2D eigenvalue weighted by molar-refractivity contribution is -0.145. The molecule has 0 unspecified atom stereocenters. The molecule has 4 aromatic carbocycles. The monoisotopic (exact) mass is 648 g/mol. The first kappa shape index (κ1) is 35.8. The maximum Gasteiger partial charge on any atom is 0.308 e. The smallest absolute Gasteiger partial charge is 0.308 e. The quantitative estimate of drug-likeness (QED) is 0.0959. The summed E-state index contributed by atoms with van der Waals surface area (Å²) in [5.41, 5.74) is 1.26. The van der Waals surface area contributed by atoms with E-state index in [-0.39, 0.29) is 41.6 Å². The summed E-state index contributed by atoms with van der Waals surface area (Å²) in [6.45, 7) is 1.55. The van der Waals surface area contributed by atoms with Crippen LogP contribution in [0.15, 0.2) is 109 Å². The van der Waals surface area contributed by atoms with Gasteiger partial charge in [-0.1, -0.05) is 62.1 Å². The lowest BCUT2D eigenvalue weighted by Crippen LogP contribution is -2.15. The number of esters is 1. The molecular weight excluding hydrogens is 604 g/mol. The lowest BCUT2D eigenvalue weighted by atomic mass is 9.96. The fourth-order valence-corrected chi connectivity index (χ4v) is 5.70. The summed E-state index contributed by atoms with van der Waals surface area (Å²) in [5, 5.41) is 0. The van der Waals surface area contributed by atoms with Crippen LogP contribution in [0.4, 0.5) is 0 Å². The van der Waals surface area contributed by atoms with Crippen molar-refractivity contribution in [3.8, 4) is 23.0 Å². The average molecular weight is 649 g/mol. The van der Waals surface area contributed by atoms with Crippen molar-refractivity contribution in [2.75, 3.05) is 7.11 Å². The van der Waals surface area contributed by atoms with Crippen molar-refractivity contribution in [2.45, 2.75) is 64.7 Å². The van der Waals surface area contributed by atoms with Crippen LogP contribution in [0.1, 0.15) is 85.4 Å². The molecule has 0 atom stereocenters. The molecule has 0 heterocycles. The Hall–Kier alpha value is -5.04. The highest BCUT2D eigenvalue weighted by Crippen LogP contribution is 2.28. The fraction of sp³-hybridized carbons (Fsp3) is 0.317. The molecule has 7 nitrogen and oxygen atoms in total. The van der Waals surface area contributed by atoms with Crippen LogP contribution in [0.5, 0.6) is 23.0 Å². The van der Waals surface area contributed by atoms with E-state index in [1.807, 2.05) is 60.7 Å². The minimum atomic E-state index is -0.104. The van der Waals surface area contributed by atoms with Crippen LogP contribution in [0, 0.1) is 11.8 Å². The number of hydrogen-bond acceptors (Lipinski definition) is 7. The summed E-state index contributed by atoms with van der Waals surface area (Å²) in [6, 6.07) is 33.1. The first-order valence-electron chi connectivity index (χ1n) is 16.6. The number of para-hydroxylation sites is 2. The molecule has 2 aliphatic carbocycles. The molecule has 2 fully saturated rings. The van der Waals surface area contributed by atoms with Crippen molar-refractivity contribution < 1.29 is 33.4 Å². The second-order valence-electron chi connectivity index (χ2n) is 12.0. The summed E-state index contributed by atoms with van der Waals surface area (Å²) in [5.74, 6) is 3.30. The predicted molar refractivity (Wildman–Crippen MR) is 186 cm³/mol. The zero-order valence-electron chi connectivity index (χ0n) is 27.8. The normalized spacial score (nSPS) is 14.0. The van der Waals surface area contributed by atoms with Gasteiger partial charge in [0.2, 0.25) is 0 Å². The van der Waals surface area contributed by atoms with Gasteiger partial charge in [0.15, 0.2) is 11.6 Å². The van der Waals surface area contributed by atoms with Crippen LogP contribution in [0.2, 0.25) is 0 Å². The van der Waals surface area contributed by atoms with Gasteiger partial charge in [-0.15, -0.1) is 0 Å². The van der Waals surface area contributed by atoms with Crippen molar-refractivity contribution in [3.63, 3.8) is 0 Å². The summed E-state index contributed by atoms with van der Waals surface area (Å²) in [6.07, 6.45) is 8.57. The van der Waals surface area contributed by atoms with Gasteiger partial charge < -0.3 is 14.2 Å². The number of Topliss-reactive ketones (excluding diaryl/α,β-unsaturated/α-hetero) is 3. The molecule has 0 radical (unpaired) electrons. The van der Waals surface area contributed by atoms with E-state index >= 15 is 0 Å². The minimum absolute atomic E-state index is 0.0174. The third-order valence-electron chi connectivity index (χ3n) is 8.43. The first-order chi connectivity index (χ1) is 23.3. The molecule has 7 heteroatoms. The fourth-order valence-electron chi connectivity index (χ4n) is 5.70. The van der Waals surface area contributed by atoms with Crippen molar-refractivity contribution in [1.29, 1.82) is 0 Å². The van der Waals surface area contributed by atoms with Gasteiger partial charge in [0.25, 0.3) is 0 Å². The molecule has 0 aromatic heterocycles. The van der Waals surface area contributed by atoms with E-state index in [2.05, 4.69) is 4.74 Å². The number of ether oxygens (including phenoxy) is 3. The Bertz CT molecular complexity index is 1580. The Labute approximate surface area is 283 Å². The third-order valence-corrected chi connectivity index (χ3v) is 8.43. The summed E-state index contributed by atoms with van der Waals surface area (Å²) in [4.78, 5) is 46.2. The highest BCUT2D eigenvalue weighted by molar-refractivity contribution is 6.08. The van der Waals surface area contributed by atoms with Gasteiger partial charge in [-0.05, 0) is 105 Å². The molecule has 2 aliphatic rings. The van der Waals surface area contributed by atoms with E-state index in [1.165, 1.54) is 20.0 Å². The van der Waals surface area contributed by atoms with Crippen molar-refractivity contribution >= 4 is 23.3 Å². The summed E-state index contributed by atoms with van der Waals surface area (Å²) in [7, 11) is 1.46. The molecule has 0 bridgehead atoms. The predicted octanol–water partition coefficient (Wildman–Crippen LogP) is 9.84. The Morgan fingerprint density at radius 2 is 0.938 bits per heavy atom. The van der Waals surface area contributed by atoms with Crippen LogP contribution in [0.25, 0.3) is 0 Å².